The summed E-state index contributed by atoms with van der Waals surface area (Å²) in [6.07, 6.45) is -21.2. The normalized spacial score (nSPS) is 52.1. The van der Waals surface area contributed by atoms with Gasteiger partial charge in [0.2, 0.25) is 5.79 Å². The summed E-state index contributed by atoms with van der Waals surface area (Å²) in [6, 6.07) is 0. The number of hydrogen-bond donors (Lipinski definition) is 11. The van der Waals surface area contributed by atoms with E-state index in [1.807, 2.05) is 0 Å². The van der Waals surface area contributed by atoms with Crippen LogP contribution in [0.15, 0.2) is 0 Å². The van der Waals surface area contributed by atoms with Crippen molar-refractivity contribution in [2.45, 2.75) is 85.5 Å². The van der Waals surface area contributed by atoms with Gasteiger partial charge in [-0.05, 0) is 0 Å². The van der Waals surface area contributed by atoms with Gasteiger partial charge >= 0.3 is 0 Å². The molecule has 0 spiro atoms. The molecule has 3 aliphatic heterocycles. The molecule has 0 bridgehead atoms. The molecule has 16 nitrogen and oxygen atoms in total. The van der Waals surface area contributed by atoms with Crippen LogP contribution in [0.1, 0.15) is 0 Å². The summed E-state index contributed by atoms with van der Waals surface area (Å²) in [6.45, 7) is -2.89. The maximum absolute atomic E-state index is 10.4. The van der Waals surface area contributed by atoms with Crippen LogP contribution in [0.3, 0.4) is 0 Å². The third-order valence-electron chi connectivity index (χ3n) is 6.10. The van der Waals surface area contributed by atoms with Gasteiger partial charge in [-0.1, -0.05) is 0 Å². The maximum Gasteiger partial charge on any atom is 0.219 e. The zero-order valence-electron chi connectivity index (χ0n) is 17.8. The molecule has 1 unspecified atom stereocenters. The first kappa shape index (κ1) is 27.9. The van der Waals surface area contributed by atoms with Crippen molar-refractivity contribution < 1.29 is 79.9 Å². The fourth-order valence-corrected chi connectivity index (χ4v) is 3.92. The lowest BCUT2D eigenvalue weighted by Gasteiger charge is -2.43. The molecule has 3 heterocycles. The van der Waals surface area contributed by atoms with Crippen LogP contribution < -0.4 is 0 Å². The molecular formula is C18H32O16. The van der Waals surface area contributed by atoms with Crippen LogP contribution in [0.4, 0.5) is 0 Å². The summed E-state index contributed by atoms with van der Waals surface area (Å²) in [5.41, 5.74) is 0. The van der Waals surface area contributed by atoms with E-state index >= 15 is 0 Å². The van der Waals surface area contributed by atoms with E-state index in [0.29, 0.717) is 0 Å². The largest absolute Gasteiger partial charge is 0.394 e. The number of hydrogen-bond acceptors (Lipinski definition) is 16. The molecule has 3 saturated heterocycles. The molecule has 0 aromatic rings. The predicted molar refractivity (Wildman–Crippen MR) is 101 cm³/mol. The Morgan fingerprint density at radius 2 is 1.09 bits per heavy atom. The third-order valence-corrected chi connectivity index (χ3v) is 6.10. The van der Waals surface area contributed by atoms with Gasteiger partial charge in [0.1, 0.15) is 73.8 Å². The summed E-state index contributed by atoms with van der Waals surface area (Å²) in [7, 11) is 0. The zero-order chi connectivity index (χ0) is 25.4. The van der Waals surface area contributed by atoms with E-state index in [4.69, 9.17) is 28.8 Å². The topological polar surface area (TPSA) is 269 Å². The number of aliphatic hydroxyl groups excluding tert-OH is 10. The minimum absolute atomic E-state index is 0.595. The lowest BCUT2D eigenvalue weighted by Crippen LogP contribution is -2.62. The minimum atomic E-state index is -2.49. The van der Waals surface area contributed by atoms with Crippen LogP contribution in [0.2, 0.25) is 0 Å². The predicted octanol–water partition coefficient (Wildman–Crippen LogP) is -7.57. The Bertz CT molecular complexity index is 653. The fourth-order valence-electron chi connectivity index (χ4n) is 3.92. The summed E-state index contributed by atoms with van der Waals surface area (Å²) in [5.74, 6) is -2.49. The van der Waals surface area contributed by atoms with E-state index in [-0.39, 0.29) is 0 Å². The smallest absolute Gasteiger partial charge is 0.219 e. The van der Waals surface area contributed by atoms with Crippen molar-refractivity contribution >= 4 is 0 Å². The highest BCUT2D eigenvalue weighted by Crippen LogP contribution is 2.31. The Balaban J connectivity index is 1.60. The van der Waals surface area contributed by atoms with Crippen LogP contribution in [-0.2, 0) is 23.7 Å². The standard InChI is InChI=1S/C18H32O16/c19-1-5-8(21)11(24)13(26)16(32-5)30-3-7-9(22)12(25)14(27)17(33-7)31-4-18(29)15(28)10(23)6(2-20)34-18/h5-17,19-29H,1-4H2/t5-,6-,7-,8+,9-,10-,11+,12+,13-,14-,15+,16+,17?,18-/m1/s1. The monoisotopic (exact) mass is 504 g/mol. The van der Waals surface area contributed by atoms with Crippen LogP contribution in [0, 0.1) is 0 Å². The van der Waals surface area contributed by atoms with Crippen molar-refractivity contribution in [2.75, 3.05) is 26.4 Å². The summed E-state index contributed by atoms with van der Waals surface area (Å²) >= 11 is 0. The lowest BCUT2D eigenvalue weighted by atomic mass is 9.98. The van der Waals surface area contributed by atoms with Gasteiger partial charge in [0.05, 0.1) is 19.8 Å². The molecular weight excluding hydrogens is 472 g/mol. The second-order valence-electron chi connectivity index (χ2n) is 8.48. The van der Waals surface area contributed by atoms with Gasteiger partial charge in [0.15, 0.2) is 12.6 Å². The second kappa shape index (κ2) is 11.2. The second-order valence-corrected chi connectivity index (χ2v) is 8.48. The molecule has 3 fully saturated rings. The molecule has 0 radical (unpaired) electrons. The average molecular weight is 504 g/mol. The highest BCUT2D eigenvalue weighted by atomic mass is 16.7. The van der Waals surface area contributed by atoms with E-state index in [0.717, 1.165) is 0 Å². The summed E-state index contributed by atoms with van der Waals surface area (Å²) in [5, 5.41) is 109. The summed E-state index contributed by atoms with van der Waals surface area (Å²) in [4.78, 5) is 0. The fraction of sp³-hybridized carbons (Fsp3) is 1.00. The zero-order valence-corrected chi connectivity index (χ0v) is 17.8. The van der Waals surface area contributed by atoms with Gasteiger partial charge in [-0.3, -0.25) is 0 Å². The molecule has 3 aliphatic rings. The first-order valence-corrected chi connectivity index (χ1v) is 10.6. The van der Waals surface area contributed by atoms with Crippen molar-refractivity contribution in [1.29, 1.82) is 0 Å². The average Bonchev–Trinajstić information content (AvgIpc) is 3.04. The molecule has 11 N–H and O–H groups in total. The quantitative estimate of drug-likeness (QED) is 0.146. The molecule has 0 aromatic carbocycles. The number of ether oxygens (including phenoxy) is 5. The molecule has 14 atom stereocenters. The van der Waals surface area contributed by atoms with E-state index in [2.05, 4.69) is 0 Å². The van der Waals surface area contributed by atoms with Crippen LogP contribution in [-0.4, -0.2) is 168 Å². The van der Waals surface area contributed by atoms with E-state index in [9.17, 15) is 51.1 Å². The number of aliphatic hydroxyl groups is 11. The Morgan fingerprint density at radius 1 is 0.588 bits per heavy atom. The number of rotatable bonds is 8. The van der Waals surface area contributed by atoms with Gasteiger partial charge in [-0.15, -0.1) is 0 Å². The SMILES string of the molecule is OC[C@H]1O[C@H](OC[C@H]2OC(OC[C@@]3(O)O[C@H](CO)[C@@H](O)[C@@H]3O)[C@H](O)[C@@H](O)[C@@H]2O)[C@H](O)[C@@H](O)[C@H]1O. The molecule has 16 heteroatoms. The van der Waals surface area contributed by atoms with Gasteiger partial charge in [-0.2, -0.15) is 0 Å². The first-order chi connectivity index (χ1) is 15.9. The lowest BCUT2D eigenvalue weighted by molar-refractivity contribution is -0.345. The van der Waals surface area contributed by atoms with E-state index in [1.54, 1.807) is 0 Å². The van der Waals surface area contributed by atoms with Gasteiger partial charge < -0.3 is 79.9 Å². The first-order valence-electron chi connectivity index (χ1n) is 10.6. The van der Waals surface area contributed by atoms with Gasteiger partial charge in [0, 0.05) is 0 Å². The summed E-state index contributed by atoms with van der Waals surface area (Å²) < 4.78 is 26.0. The van der Waals surface area contributed by atoms with E-state index in [1.165, 1.54) is 0 Å². The van der Waals surface area contributed by atoms with Crippen LogP contribution in [0.5, 0.6) is 0 Å². The Morgan fingerprint density at radius 3 is 1.62 bits per heavy atom. The maximum atomic E-state index is 10.4. The minimum Gasteiger partial charge on any atom is -0.394 e. The Kier molecular flexibility index (Phi) is 9.18. The van der Waals surface area contributed by atoms with E-state index < -0.39 is 112 Å². The van der Waals surface area contributed by atoms with Crippen molar-refractivity contribution in [3.8, 4) is 0 Å². The molecule has 0 aliphatic carbocycles. The highest BCUT2D eigenvalue weighted by molar-refractivity contribution is 4.96. The van der Waals surface area contributed by atoms with Gasteiger partial charge in [-0.25, -0.2) is 0 Å². The molecule has 34 heavy (non-hydrogen) atoms. The van der Waals surface area contributed by atoms with Crippen molar-refractivity contribution in [2.24, 2.45) is 0 Å². The Hall–Kier alpha value is -0.640. The molecule has 200 valence electrons. The van der Waals surface area contributed by atoms with Gasteiger partial charge in [0.25, 0.3) is 0 Å². The van der Waals surface area contributed by atoms with Crippen molar-refractivity contribution in [3.05, 3.63) is 0 Å². The molecule has 0 amide bonds. The van der Waals surface area contributed by atoms with Crippen molar-refractivity contribution in [1.82, 2.24) is 0 Å². The highest BCUT2D eigenvalue weighted by Gasteiger charge is 2.55. The third kappa shape index (κ3) is 5.37. The van der Waals surface area contributed by atoms with Crippen LogP contribution >= 0.6 is 0 Å². The Labute approximate surface area is 192 Å². The molecule has 0 aromatic heterocycles. The van der Waals surface area contributed by atoms with Crippen LogP contribution in [0.25, 0.3) is 0 Å². The van der Waals surface area contributed by atoms with Crippen molar-refractivity contribution in [3.63, 3.8) is 0 Å². The molecule has 3 rings (SSSR count). The molecule has 0 saturated carbocycles.